The fourth-order valence-electron chi connectivity index (χ4n) is 1.69. The summed E-state index contributed by atoms with van der Waals surface area (Å²) in [4.78, 5) is 12.0. The van der Waals surface area contributed by atoms with E-state index in [1.165, 1.54) is 5.56 Å². The van der Waals surface area contributed by atoms with Crippen molar-refractivity contribution in [1.82, 2.24) is 0 Å². The second-order valence-electron chi connectivity index (χ2n) is 4.13. The van der Waals surface area contributed by atoms with Crippen LogP contribution in [0.1, 0.15) is 27.9 Å². The monoisotopic (exact) mass is 245 g/mol. The summed E-state index contributed by atoms with van der Waals surface area (Å²) in [7, 11) is 0. The lowest BCUT2D eigenvalue weighted by Gasteiger charge is -2.04. The molecule has 0 spiro atoms. The van der Waals surface area contributed by atoms with Gasteiger partial charge in [0, 0.05) is 17.7 Å². The number of nitrogens with two attached hydrogens (primary N) is 1. The number of ketones is 1. The molecule has 17 heavy (non-hydrogen) atoms. The number of aryl methyl sites for hydroxylation is 2. The quantitative estimate of drug-likeness (QED) is 0.662. The van der Waals surface area contributed by atoms with Crippen LogP contribution in [0.5, 0.6) is 0 Å². The third-order valence-corrected chi connectivity index (χ3v) is 3.54. The highest BCUT2D eigenvalue weighted by Gasteiger charge is 2.07. The second kappa shape index (κ2) is 5.15. The lowest BCUT2D eigenvalue weighted by atomic mass is 10.0. The molecule has 3 heteroatoms. The molecule has 0 unspecified atom stereocenters. The summed E-state index contributed by atoms with van der Waals surface area (Å²) in [6.45, 7) is 1.92. The predicted octanol–water partition coefficient (Wildman–Crippen LogP) is 3.45. The number of rotatable bonds is 4. The Morgan fingerprint density at radius 1 is 1.35 bits per heavy atom. The average molecular weight is 245 g/mol. The number of benzene rings is 1. The van der Waals surface area contributed by atoms with E-state index >= 15 is 0 Å². The highest BCUT2D eigenvalue weighted by Crippen LogP contribution is 2.16. The molecule has 0 aliphatic rings. The van der Waals surface area contributed by atoms with Gasteiger partial charge in [-0.3, -0.25) is 4.79 Å². The van der Waals surface area contributed by atoms with Crippen LogP contribution < -0.4 is 5.73 Å². The first-order chi connectivity index (χ1) is 8.16. The molecule has 2 nitrogen and oxygen atoms in total. The Hall–Kier alpha value is -1.61. The third kappa shape index (κ3) is 2.94. The van der Waals surface area contributed by atoms with E-state index in [9.17, 15) is 4.79 Å². The van der Waals surface area contributed by atoms with E-state index in [-0.39, 0.29) is 5.78 Å². The van der Waals surface area contributed by atoms with Gasteiger partial charge < -0.3 is 5.73 Å². The summed E-state index contributed by atoms with van der Waals surface area (Å²) >= 11 is 1.66. The van der Waals surface area contributed by atoms with Gasteiger partial charge in [-0.1, -0.05) is 0 Å². The first-order valence-corrected chi connectivity index (χ1v) is 6.51. The van der Waals surface area contributed by atoms with Crippen LogP contribution in [0.2, 0.25) is 0 Å². The van der Waals surface area contributed by atoms with E-state index in [0.717, 1.165) is 23.2 Å². The zero-order chi connectivity index (χ0) is 12.3. The lowest BCUT2D eigenvalue weighted by molar-refractivity contribution is 0.0983. The summed E-state index contributed by atoms with van der Waals surface area (Å²) in [6, 6.07) is 7.53. The van der Waals surface area contributed by atoms with Crippen molar-refractivity contribution in [1.29, 1.82) is 0 Å². The number of carbonyl (C=O) groups excluding carboxylic acids is 1. The Kier molecular flexibility index (Phi) is 3.59. The van der Waals surface area contributed by atoms with Crippen LogP contribution in [0.3, 0.4) is 0 Å². The van der Waals surface area contributed by atoms with E-state index in [0.29, 0.717) is 6.42 Å². The van der Waals surface area contributed by atoms with Gasteiger partial charge in [0.2, 0.25) is 0 Å². The standard InChI is InChI=1S/C14H15NOS/c1-10-8-12(3-4-13(10)15)14(16)5-2-11-6-7-17-9-11/h3-4,6-9H,2,5,15H2,1H3. The van der Waals surface area contributed by atoms with E-state index in [1.807, 2.05) is 18.4 Å². The Labute approximate surface area is 105 Å². The molecule has 0 bridgehead atoms. The Morgan fingerprint density at radius 2 is 2.18 bits per heavy atom. The first kappa shape index (κ1) is 11.9. The molecule has 0 saturated carbocycles. The molecule has 2 aromatic rings. The predicted molar refractivity (Wildman–Crippen MR) is 72.6 cm³/mol. The Morgan fingerprint density at radius 3 is 2.82 bits per heavy atom. The van der Waals surface area contributed by atoms with Crippen LogP contribution in [0.25, 0.3) is 0 Å². The zero-order valence-electron chi connectivity index (χ0n) is 9.77. The lowest BCUT2D eigenvalue weighted by Crippen LogP contribution is -2.02. The van der Waals surface area contributed by atoms with Gasteiger partial charge in [0.25, 0.3) is 0 Å². The number of hydrogen-bond donors (Lipinski definition) is 1. The minimum atomic E-state index is 0.180. The highest BCUT2D eigenvalue weighted by atomic mass is 32.1. The fourth-order valence-corrected chi connectivity index (χ4v) is 2.39. The number of anilines is 1. The van der Waals surface area contributed by atoms with Crippen molar-refractivity contribution < 1.29 is 4.79 Å². The van der Waals surface area contributed by atoms with Crippen LogP contribution in [-0.4, -0.2) is 5.78 Å². The number of carbonyl (C=O) groups is 1. The van der Waals surface area contributed by atoms with Crippen molar-refractivity contribution in [3.63, 3.8) is 0 Å². The summed E-state index contributed by atoms with van der Waals surface area (Å²) in [5.41, 5.74) is 9.42. The number of nitrogen functional groups attached to an aromatic ring is 1. The van der Waals surface area contributed by atoms with E-state index in [2.05, 4.69) is 11.4 Å². The first-order valence-electron chi connectivity index (χ1n) is 5.57. The summed E-state index contributed by atoms with van der Waals surface area (Å²) < 4.78 is 0. The van der Waals surface area contributed by atoms with Crippen molar-refractivity contribution in [3.05, 3.63) is 51.7 Å². The summed E-state index contributed by atoms with van der Waals surface area (Å²) in [5, 5.41) is 4.12. The zero-order valence-corrected chi connectivity index (χ0v) is 10.6. The van der Waals surface area contributed by atoms with Crippen molar-refractivity contribution in [2.75, 3.05) is 5.73 Å². The number of Topliss-reactive ketones (excluding diaryl/α,β-unsaturated/α-hetero) is 1. The molecule has 0 saturated heterocycles. The van der Waals surface area contributed by atoms with Crippen molar-refractivity contribution in [2.24, 2.45) is 0 Å². The smallest absolute Gasteiger partial charge is 0.163 e. The molecule has 1 aromatic carbocycles. The molecule has 0 amide bonds. The molecule has 0 fully saturated rings. The molecule has 2 N–H and O–H groups in total. The van der Waals surface area contributed by atoms with E-state index in [4.69, 9.17) is 5.73 Å². The number of hydrogen-bond acceptors (Lipinski definition) is 3. The molecule has 1 aromatic heterocycles. The van der Waals surface area contributed by atoms with Gasteiger partial charge in [-0.2, -0.15) is 11.3 Å². The fraction of sp³-hybridized carbons (Fsp3) is 0.214. The van der Waals surface area contributed by atoms with E-state index < -0.39 is 0 Å². The topological polar surface area (TPSA) is 43.1 Å². The van der Waals surface area contributed by atoms with Crippen LogP contribution in [-0.2, 0) is 6.42 Å². The molecule has 2 rings (SSSR count). The molecular weight excluding hydrogens is 230 g/mol. The van der Waals surface area contributed by atoms with Crippen LogP contribution in [0.4, 0.5) is 5.69 Å². The summed E-state index contributed by atoms with van der Waals surface area (Å²) in [5.74, 6) is 0.180. The van der Waals surface area contributed by atoms with Gasteiger partial charge in [-0.25, -0.2) is 0 Å². The Balaban J connectivity index is 2.02. The van der Waals surface area contributed by atoms with Gasteiger partial charge in [0.15, 0.2) is 5.78 Å². The van der Waals surface area contributed by atoms with Crippen LogP contribution >= 0.6 is 11.3 Å². The molecule has 0 atom stereocenters. The third-order valence-electron chi connectivity index (χ3n) is 2.81. The second-order valence-corrected chi connectivity index (χ2v) is 4.91. The van der Waals surface area contributed by atoms with Crippen molar-refractivity contribution >= 4 is 22.8 Å². The van der Waals surface area contributed by atoms with Gasteiger partial charge in [-0.05, 0) is 59.5 Å². The molecule has 0 aliphatic heterocycles. The van der Waals surface area contributed by atoms with E-state index in [1.54, 1.807) is 23.5 Å². The van der Waals surface area contributed by atoms with Gasteiger partial charge >= 0.3 is 0 Å². The maximum absolute atomic E-state index is 12.0. The molecule has 1 heterocycles. The minimum absolute atomic E-state index is 0.180. The minimum Gasteiger partial charge on any atom is -0.399 e. The van der Waals surface area contributed by atoms with Crippen LogP contribution in [0, 0.1) is 6.92 Å². The molecular formula is C14H15NOS. The van der Waals surface area contributed by atoms with Gasteiger partial charge in [0.1, 0.15) is 0 Å². The molecule has 0 aliphatic carbocycles. The summed E-state index contributed by atoms with van der Waals surface area (Å²) in [6.07, 6.45) is 1.37. The van der Waals surface area contributed by atoms with Crippen molar-refractivity contribution in [3.8, 4) is 0 Å². The maximum Gasteiger partial charge on any atom is 0.163 e. The van der Waals surface area contributed by atoms with Gasteiger partial charge in [0.05, 0.1) is 0 Å². The average Bonchev–Trinajstić information content (AvgIpc) is 2.82. The Bertz CT molecular complexity index is 517. The highest BCUT2D eigenvalue weighted by molar-refractivity contribution is 7.07. The van der Waals surface area contributed by atoms with Crippen LogP contribution in [0.15, 0.2) is 35.0 Å². The van der Waals surface area contributed by atoms with Gasteiger partial charge in [-0.15, -0.1) is 0 Å². The molecule has 0 radical (unpaired) electrons. The normalized spacial score (nSPS) is 10.4. The molecule has 88 valence electrons. The largest absolute Gasteiger partial charge is 0.399 e. The maximum atomic E-state index is 12.0. The SMILES string of the molecule is Cc1cc(C(=O)CCc2ccsc2)ccc1N. The number of thiophene rings is 1. The van der Waals surface area contributed by atoms with Crippen molar-refractivity contribution in [2.45, 2.75) is 19.8 Å².